The van der Waals surface area contributed by atoms with E-state index in [-0.39, 0.29) is 0 Å². The van der Waals surface area contributed by atoms with Gasteiger partial charge in [-0.2, -0.15) is 5.10 Å². The van der Waals surface area contributed by atoms with Crippen molar-refractivity contribution in [3.8, 4) is 11.5 Å². The highest BCUT2D eigenvalue weighted by molar-refractivity contribution is 14.1. The number of anilines is 1. The zero-order chi connectivity index (χ0) is 18.9. The molecule has 5 heteroatoms. The van der Waals surface area contributed by atoms with Gasteiger partial charge >= 0.3 is 0 Å². The van der Waals surface area contributed by atoms with Crippen molar-refractivity contribution in [2.75, 3.05) is 12.0 Å². The summed E-state index contributed by atoms with van der Waals surface area (Å²) in [5.74, 6) is 1.48. The van der Waals surface area contributed by atoms with E-state index in [1.807, 2.05) is 79.7 Å². The maximum atomic E-state index is 6.04. The van der Waals surface area contributed by atoms with Gasteiger partial charge in [0.2, 0.25) is 0 Å². The number of hydrogen-bond donors (Lipinski definition) is 1. The maximum Gasteiger partial charge on any atom is 0.175 e. The average molecular weight is 472 g/mol. The van der Waals surface area contributed by atoms with Crippen molar-refractivity contribution in [1.82, 2.24) is 0 Å². The summed E-state index contributed by atoms with van der Waals surface area (Å²) in [7, 11) is 0. The molecule has 27 heavy (non-hydrogen) atoms. The van der Waals surface area contributed by atoms with Gasteiger partial charge in [0.1, 0.15) is 6.61 Å². The zero-order valence-electron chi connectivity index (χ0n) is 15.1. The summed E-state index contributed by atoms with van der Waals surface area (Å²) in [5, 5.41) is 4.30. The highest BCUT2D eigenvalue weighted by atomic mass is 127. The number of hydrogen-bond acceptors (Lipinski definition) is 4. The Labute approximate surface area is 173 Å². The van der Waals surface area contributed by atoms with Crippen LogP contribution in [-0.2, 0) is 6.61 Å². The summed E-state index contributed by atoms with van der Waals surface area (Å²) in [6.45, 7) is 3.03. The predicted molar refractivity (Wildman–Crippen MR) is 119 cm³/mol. The van der Waals surface area contributed by atoms with Crippen molar-refractivity contribution in [2.45, 2.75) is 13.5 Å². The molecule has 1 N–H and O–H groups in total. The minimum absolute atomic E-state index is 0.500. The van der Waals surface area contributed by atoms with E-state index in [1.165, 1.54) is 0 Å². The Bertz CT molecular complexity index is 884. The Morgan fingerprint density at radius 2 is 1.67 bits per heavy atom. The van der Waals surface area contributed by atoms with Crippen molar-refractivity contribution in [2.24, 2.45) is 5.10 Å². The number of nitrogens with one attached hydrogen (secondary N) is 1. The molecule has 3 rings (SSSR count). The van der Waals surface area contributed by atoms with Crippen LogP contribution in [0.5, 0.6) is 11.5 Å². The number of hydrazone groups is 1. The number of rotatable bonds is 8. The molecule has 0 atom stereocenters. The highest BCUT2D eigenvalue weighted by Gasteiger charge is 2.12. The summed E-state index contributed by atoms with van der Waals surface area (Å²) in [6.07, 6.45) is 1.78. The fourth-order valence-corrected chi connectivity index (χ4v) is 3.27. The van der Waals surface area contributed by atoms with Crippen molar-refractivity contribution in [1.29, 1.82) is 0 Å². The van der Waals surface area contributed by atoms with Crippen LogP contribution < -0.4 is 14.9 Å². The van der Waals surface area contributed by atoms with Crippen LogP contribution in [0.1, 0.15) is 18.1 Å². The second-order valence-electron chi connectivity index (χ2n) is 5.77. The Morgan fingerprint density at radius 1 is 0.963 bits per heavy atom. The van der Waals surface area contributed by atoms with Gasteiger partial charge in [0.25, 0.3) is 0 Å². The zero-order valence-corrected chi connectivity index (χ0v) is 17.2. The number of para-hydroxylation sites is 1. The van der Waals surface area contributed by atoms with Gasteiger partial charge in [-0.3, -0.25) is 5.43 Å². The van der Waals surface area contributed by atoms with Crippen molar-refractivity contribution < 1.29 is 9.47 Å². The topological polar surface area (TPSA) is 42.8 Å². The first-order chi connectivity index (χ1) is 13.3. The predicted octanol–water partition coefficient (Wildman–Crippen LogP) is 5.71. The molecule has 0 aromatic heterocycles. The molecule has 3 aromatic carbocycles. The highest BCUT2D eigenvalue weighted by Crippen LogP contribution is 2.34. The standard InChI is InChI=1S/C22H21IN2O2/c1-2-26-21-14-18(15-24-25-19-11-7-4-8-12-19)13-20(23)22(21)27-16-17-9-5-3-6-10-17/h3-15,25H,2,16H2,1H3/b24-15-. The number of ether oxygens (including phenoxy) is 2. The quantitative estimate of drug-likeness (QED) is 0.259. The van der Waals surface area contributed by atoms with E-state index >= 15 is 0 Å². The van der Waals surface area contributed by atoms with Crippen LogP contribution in [-0.4, -0.2) is 12.8 Å². The number of halogens is 1. The van der Waals surface area contributed by atoms with Crippen molar-refractivity contribution in [3.63, 3.8) is 0 Å². The molecule has 0 heterocycles. The van der Waals surface area contributed by atoms with Crippen molar-refractivity contribution >= 4 is 34.5 Å². The minimum atomic E-state index is 0.500. The molecule has 0 unspecified atom stereocenters. The molecule has 0 bridgehead atoms. The first-order valence-corrected chi connectivity index (χ1v) is 9.81. The third-order valence-corrected chi connectivity index (χ3v) is 4.54. The number of benzene rings is 3. The van der Waals surface area contributed by atoms with Crippen LogP contribution in [0.2, 0.25) is 0 Å². The molecule has 0 fully saturated rings. The lowest BCUT2D eigenvalue weighted by molar-refractivity contribution is 0.267. The molecular formula is C22H21IN2O2. The summed E-state index contributed by atoms with van der Waals surface area (Å²) in [5.41, 5.74) is 6.02. The van der Waals surface area contributed by atoms with Gasteiger partial charge in [-0.1, -0.05) is 48.5 Å². The second-order valence-corrected chi connectivity index (χ2v) is 6.94. The van der Waals surface area contributed by atoms with Gasteiger partial charge < -0.3 is 9.47 Å². The third-order valence-electron chi connectivity index (χ3n) is 3.74. The summed E-state index contributed by atoms with van der Waals surface area (Å²) in [6, 6.07) is 23.9. The SMILES string of the molecule is CCOc1cc(/C=N\Nc2ccccc2)cc(I)c1OCc1ccccc1. The molecule has 3 aromatic rings. The van der Waals surface area contributed by atoms with Gasteiger partial charge in [0, 0.05) is 0 Å². The molecular weight excluding hydrogens is 451 g/mol. The van der Waals surface area contributed by atoms with Crippen LogP contribution in [0.15, 0.2) is 77.9 Å². The molecule has 0 aliphatic heterocycles. The van der Waals surface area contributed by atoms with E-state index in [2.05, 4.69) is 33.1 Å². The van der Waals surface area contributed by atoms with E-state index in [0.717, 1.165) is 31.9 Å². The number of nitrogens with zero attached hydrogens (tertiary/aromatic N) is 1. The van der Waals surface area contributed by atoms with Crippen LogP contribution in [0.25, 0.3) is 0 Å². The molecule has 0 aliphatic carbocycles. The second kappa shape index (κ2) is 9.97. The fraction of sp³-hybridized carbons (Fsp3) is 0.136. The first-order valence-electron chi connectivity index (χ1n) is 8.73. The first kappa shape index (κ1) is 19.2. The van der Waals surface area contributed by atoms with Gasteiger partial charge in [-0.05, 0) is 64.9 Å². The Morgan fingerprint density at radius 3 is 2.37 bits per heavy atom. The smallest absolute Gasteiger partial charge is 0.175 e. The Balaban J connectivity index is 1.75. The molecule has 0 saturated heterocycles. The van der Waals surface area contributed by atoms with E-state index in [9.17, 15) is 0 Å². The largest absolute Gasteiger partial charge is 0.490 e. The summed E-state index contributed by atoms with van der Waals surface area (Å²) in [4.78, 5) is 0. The van der Waals surface area contributed by atoms with E-state index in [1.54, 1.807) is 6.21 Å². The van der Waals surface area contributed by atoms with Gasteiger partial charge in [0.15, 0.2) is 11.5 Å². The monoisotopic (exact) mass is 472 g/mol. The van der Waals surface area contributed by atoms with E-state index < -0.39 is 0 Å². The van der Waals surface area contributed by atoms with Crippen LogP contribution in [0.3, 0.4) is 0 Å². The lowest BCUT2D eigenvalue weighted by Crippen LogP contribution is -2.02. The van der Waals surface area contributed by atoms with Crippen LogP contribution >= 0.6 is 22.6 Å². The van der Waals surface area contributed by atoms with E-state index in [0.29, 0.717) is 13.2 Å². The molecule has 0 aliphatic rings. The van der Waals surface area contributed by atoms with Gasteiger partial charge in [0.05, 0.1) is 22.1 Å². The molecule has 0 saturated carbocycles. The van der Waals surface area contributed by atoms with Crippen LogP contribution in [0.4, 0.5) is 5.69 Å². The molecule has 4 nitrogen and oxygen atoms in total. The Kier molecular flexibility index (Phi) is 7.10. The minimum Gasteiger partial charge on any atom is -0.490 e. The molecule has 0 radical (unpaired) electrons. The Hall–Kier alpha value is -2.54. The average Bonchev–Trinajstić information content (AvgIpc) is 2.69. The summed E-state index contributed by atoms with van der Waals surface area (Å²) >= 11 is 2.27. The normalized spacial score (nSPS) is 10.7. The fourth-order valence-electron chi connectivity index (χ4n) is 2.49. The van der Waals surface area contributed by atoms with E-state index in [4.69, 9.17) is 9.47 Å². The molecule has 0 amide bonds. The maximum absolute atomic E-state index is 6.04. The molecule has 0 spiro atoms. The molecule has 138 valence electrons. The van der Waals surface area contributed by atoms with Crippen LogP contribution in [0, 0.1) is 3.57 Å². The van der Waals surface area contributed by atoms with Crippen molar-refractivity contribution in [3.05, 3.63) is 87.5 Å². The summed E-state index contributed by atoms with van der Waals surface area (Å²) < 4.78 is 12.8. The third kappa shape index (κ3) is 5.72. The lowest BCUT2D eigenvalue weighted by atomic mass is 10.2. The lowest BCUT2D eigenvalue weighted by Gasteiger charge is -2.14. The van der Waals surface area contributed by atoms with Gasteiger partial charge in [-0.15, -0.1) is 0 Å². The van der Waals surface area contributed by atoms with Gasteiger partial charge in [-0.25, -0.2) is 0 Å².